The largest absolute Gasteiger partial charge is 0.371 e. The lowest BCUT2D eigenvalue weighted by Gasteiger charge is -2.35. The summed E-state index contributed by atoms with van der Waals surface area (Å²) in [7, 11) is 2.23. The van der Waals surface area contributed by atoms with Crippen molar-refractivity contribution in [3.8, 4) is 0 Å². The highest BCUT2D eigenvalue weighted by Crippen LogP contribution is 2.26. The number of halogens is 1. The Morgan fingerprint density at radius 3 is 2.32 bits per heavy atom. The van der Waals surface area contributed by atoms with Crippen molar-refractivity contribution in [1.29, 1.82) is 0 Å². The summed E-state index contributed by atoms with van der Waals surface area (Å²) in [5, 5.41) is 7.16. The summed E-state index contributed by atoms with van der Waals surface area (Å²) in [6.45, 7) is 15.4. The molecule has 31 heavy (non-hydrogen) atoms. The first-order valence-electron chi connectivity index (χ1n) is 11.9. The SMILES string of the molecule is CCNC(=NCC1CCCN(C)C1)NC1CCN(c2ccc(C(C)(C)C)cc2)CC1.I. The molecule has 0 saturated carbocycles. The van der Waals surface area contributed by atoms with E-state index < -0.39 is 0 Å². The number of nitrogens with one attached hydrogen (secondary N) is 2. The second-order valence-corrected chi connectivity index (χ2v) is 10.2. The highest BCUT2D eigenvalue weighted by Gasteiger charge is 2.22. The zero-order valence-corrected chi connectivity index (χ0v) is 22.6. The fourth-order valence-electron chi connectivity index (χ4n) is 4.61. The number of likely N-dealkylation sites (tertiary alicyclic amines) is 1. The Bertz CT molecular complexity index is 674. The van der Waals surface area contributed by atoms with Gasteiger partial charge in [-0.25, -0.2) is 0 Å². The maximum Gasteiger partial charge on any atom is 0.191 e. The molecular weight excluding hydrogens is 497 g/mol. The number of nitrogens with zero attached hydrogens (tertiary/aromatic N) is 3. The van der Waals surface area contributed by atoms with Crippen LogP contribution in [0.3, 0.4) is 0 Å². The molecule has 5 nitrogen and oxygen atoms in total. The first-order valence-corrected chi connectivity index (χ1v) is 11.9. The van der Waals surface area contributed by atoms with E-state index in [2.05, 4.69) is 79.4 Å². The van der Waals surface area contributed by atoms with Crippen molar-refractivity contribution >= 4 is 35.6 Å². The van der Waals surface area contributed by atoms with Gasteiger partial charge in [0.25, 0.3) is 0 Å². The van der Waals surface area contributed by atoms with Crippen molar-refractivity contribution in [3.05, 3.63) is 29.8 Å². The van der Waals surface area contributed by atoms with Gasteiger partial charge in [0.2, 0.25) is 0 Å². The molecule has 1 aromatic carbocycles. The van der Waals surface area contributed by atoms with E-state index in [0.717, 1.165) is 45.0 Å². The van der Waals surface area contributed by atoms with Crippen molar-refractivity contribution in [2.24, 2.45) is 10.9 Å². The number of rotatable bonds is 5. The first kappa shape index (κ1) is 26.2. The number of aliphatic imine (C=N–C) groups is 1. The molecule has 2 fully saturated rings. The van der Waals surface area contributed by atoms with Gasteiger partial charge < -0.3 is 20.4 Å². The van der Waals surface area contributed by atoms with Gasteiger partial charge in [-0.05, 0) is 75.2 Å². The Morgan fingerprint density at radius 1 is 1.06 bits per heavy atom. The van der Waals surface area contributed by atoms with Crippen molar-refractivity contribution in [1.82, 2.24) is 15.5 Å². The Morgan fingerprint density at radius 2 is 1.74 bits per heavy atom. The van der Waals surface area contributed by atoms with E-state index in [1.165, 1.54) is 37.2 Å². The molecule has 2 saturated heterocycles. The van der Waals surface area contributed by atoms with Gasteiger partial charge in [-0.2, -0.15) is 0 Å². The monoisotopic (exact) mass is 541 g/mol. The lowest BCUT2D eigenvalue weighted by Crippen LogP contribution is -2.49. The van der Waals surface area contributed by atoms with E-state index in [9.17, 15) is 0 Å². The topological polar surface area (TPSA) is 42.9 Å². The van der Waals surface area contributed by atoms with Crippen LogP contribution in [0.25, 0.3) is 0 Å². The number of anilines is 1. The van der Waals surface area contributed by atoms with E-state index in [-0.39, 0.29) is 29.4 Å². The molecular formula is C25H44IN5. The maximum absolute atomic E-state index is 4.93. The molecule has 2 aliphatic heterocycles. The smallest absolute Gasteiger partial charge is 0.191 e. The third-order valence-electron chi connectivity index (χ3n) is 6.51. The standard InChI is InChI=1S/C25H43N5.HI/c1-6-26-24(27-18-20-8-7-15-29(5)19-20)28-22-13-16-30(17-14-22)23-11-9-21(10-12-23)25(2,3)4;/h9-12,20,22H,6-8,13-19H2,1-5H3,(H2,26,27,28);1H. The van der Waals surface area contributed by atoms with Crippen LogP contribution in [0.2, 0.25) is 0 Å². The van der Waals surface area contributed by atoms with E-state index in [4.69, 9.17) is 4.99 Å². The third-order valence-corrected chi connectivity index (χ3v) is 6.51. The van der Waals surface area contributed by atoms with Gasteiger partial charge in [0.15, 0.2) is 5.96 Å². The third kappa shape index (κ3) is 8.12. The van der Waals surface area contributed by atoms with E-state index >= 15 is 0 Å². The highest BCUT2D eigenvalue weighted by molar-refractivity contribution is 14.0. The molecule has 2 aliphatic rings. The maximum atomic E-state index is 4.93. The van der Waals surface area contributed by atoms with Crippen molar-refractivity contribution < 1.29 is 0 Å². The molecule has 0 radical (unpaired) electrons. The zero-order chi connectivity index (χ0) is 21.6. The van der Waals surface area contributed by atoms with Crippen LogP contribution in [0.15, 0.2) is 29.3 Å². The van der Waals surface area contributed by atoms with Crippen LogP contribution in [0.4, 0.5) is 5.69 Å². The molecule has 1 unspecified atom stereocenters. The van der Waals surface area contributed by atoms with Crippen LogP contribution in [0.1, 0.15) is 58.9 Å². The predicted octanol–water partition coefficient (Wildman–Crippen LogP) is 4.47. The van der Waals surface area contributed by atoms with Gasteiger partial charge >= 0.3 is 0 Å². The molecule has 0 aliphatic carbocycles. The Hall–Kier alpha value is -1.02. The summed E-state index contributed by atoms with van der Waals surface area (Å²) in [6, 6.07) is 9.67. The molecule has 3 rings (SSSR count). The Kier molecular flexibility index (Phi) is 10.4. The quantitative estimate of drug-likeness (QED) is 0.328. The van der Waals surface area contributed by atoms with Gasteiger partial charge in [-0.15, -0.1) is 24.0 Å². The summed E-state index contributed by atoms with van der Waals surface area (Å²) >= 11 is 0. The molecule has 6 heteroatoms. The van der Waals surface area contributed by atoms with Gasteiger partial charge in [0, 0.05) is 44.5 Å². The van der Waals surface area contributed by atoms with Crippen molar-refractivity contribution in [3.63, 3.8) is 0 Å². The number of guanidine groups is 1. The lowest BCUT2D eigenvalue weighted by atomic mass is 9.87. The molecule has 2 heterocycles. The minimum absolute atomic E-state index is 0. The highest BCUT2D eigenvalue weighted by atomic mass is 127. The van der Waals surface area contributed by atoms with Gasteiger partial charge in [-0.1, -0.05) is 32.9 Å². The number of hydrogen-bond acceptors (Lipinski definition) is 3. The van der Waals surface area contributed by atoms with Crippen LogP contribution in [-0.2, 0) is 5.41 Å². The fraction of sp³-hybridized carbons (Fsp3) is 0.720. The van der Waals surface area contributed by atoms with E-state index in [1.54, 1.807) is 0 Å². The second kappa shape index (κ2) is 12.3. The van der Waals surface area contributed by atoms with Crippen molar-refractivity contribution in [2.45, 2.75) is 64.8 Å². The molecule has 2 N–H and O–H groups in total. The average molecular weight is 542 g/mol. The molecule has 1 atom stereocenters. The molecule has 0 spiro atoms. The molecule has 1 aromatic rings. The molecule has 0 amide bonds. The summed E-state index contributed by atoms with van der Waals surface area (Å²) in [5.74, 6) is 1.69. The molecule has 0 bridgehead atoms. The zero-order valence-electron chi connectivity index (χ0n) is 20.3. The Labute approximate surface area is 207 Å². The number of piperidine rings is 2. The lowest BCUT2D eigenvalue weighted by molar-refractivity contribution is 0.214. The van der Waals surface area contributed by atoms with E-state index in [1.807, 2.05) is 0 Å². The minimum Gasteiger partial charge on any atom is -0.371 e. The second-order valence-electron chi connectivity index (χ2n) is 10.2. The van der Waals surface area contributed by atoms with Crippen LogP contribution in [0, 0.1) is 5.92 Å². The average Bonchev–Trinajstić information content (AvgIpc) is 2.72. The number of hydrogen-bond donors (Lipinski definition) is 2. The summed E-state index contributed by atoms with van der Waals surface area (Å²) in [6.07, 6.45) is 4.91. The van der Waals surface area contributed by atoms with Gasteiger partial charge in [0.1, 0.15) is 0 Å². The summed E-state index contributed by atoms with van der Waals surface area (Å²) < 4.78 is 0. The minimum atomic E-state index is 0. The van der Waals surface area contributed by atoms with Crippen LogP contribution >= 0.6 is 24.0 Å². The number of benzene rings is 1. The van der Waals surface area contributed by atoms with Crippen molar-refractivity contribution in [2.75, 3.05) is 51.2 Å². The molecule has 176 valence electrons. The van der Waals surface area contributed by atoms with E-state index in [0.29, 0.717) is 12.0 Å². The fourth-order valence-corrected chi connectivity index (χ4v) is 4.61. The predicted molar refractivity (Wildman–Crippen MR) is 145 cm³/mol. The Balaban J connectivity index is 0.00000341. The summed E-state index contributed by atoms with van der Waals surface area (Å²) in [4.78, 5) is 9.89. The van der Waals surface area contributed by atoms with Crippen LogP contribution in [-0.4, -0.2) is 63.2 Å². The van der Waals surface area contributed by atoms with Crippen LogP contribution in [0.5, 0.6) is 0 Å². The van der Waals surface area contributed by atoms with Crippen LogP contribution < -0.4 is 15.5 Å². The first-order chi connectivity index (χ1) is 14.3. The van der Waals surface area contributed by atoms with Gasteiger partial charge in [0.05, 0.1) is 0 Å². The molecule has 0 aromatic heterocycles. The van der Waals surface area contributed by atoms with Gasteiger partial charge in [-0.3, -0.25) is 4.99 Å². The normalized spacial score (nSPS) is 21.5. The summed E-state index contributed by atoms with van der Waals surface area (Å²) in [5.41, 5.74) is 2.96.